The largest absolute Gasteiger partial charge is 0.487 e. The number of hydrogen-bond donors (Lipinski definition) is 1. The van der Waals surface area contributed by atoms with Crippen molar-refractivity contribution >= 4 is 12.4 Å². The van der Waals surface area contributed by atoms with Crippen molar-refractivity contribution in [2.75, 3.05) is 13.2 Å². The molecule has 0 amide bonds. The van der Waals surface area contributed by atoms with Crippen LogP contribution in [0.3, 0.4) is 0 Å². The van der Waals surface area contributed by atoms with Gasteiger partial charge in [-0.25, -0.2) is 8.78 Å². The predicted molar refractivity (Wildman–Crippen MR) is 80.2 cm³/mol. The molecule has 2 rings (SSSR count). The van der Waals surface area contributed by atoms with Crippen molar-refractivity contribution in [1.82, 2.24) is 9.78 Å². The Morgan fingerprint density at radius 2 is 2.10 bits per heavy atom. The van der Waals surface area contributed by atoms with Crippen LogP contribution in [0.1, 0.15) is 5.56 Å². The third-order valence-corrected chi connectivity index (χ3v) is 2.88. The molecular formula is C14H18ClF2N3O. The van der Waals surface area contributed by atoms with Gasteiger partial charge in [0.05, 0.1) is 12.7 Å². The molecule has 1 aromatic heterocycles. The monoisotopic (exact) mass is 317 g/mol. The summed E-state index contributed by atoms with van der Waals surface area (Å²) < 4.78 is 31.3. The number of halogens is 3. The summed E-state index contributed by atoms with van der Waals surface area (Å²) in [6.07, 6.45) is 1.11. The average molecular weight is 318 g/mol. The molecule has 0 fully saturated rings. The molecule has 0 saturated heterocycles. The van der Waals surface area contributed by atoms with Crippen molar-refractivity contribution < 1.29 is 13.5 Å². The lowest BCUT2D eigenvalue weighted by Crippen LogP contribution is -2.09. The summed E-state index contributed by atoms with van der Waals surface area (Å²) in [6.45, 7) is 2.37. The van der Waals surface area contributed by atoms with Crippen molar-refractivity contribution in [3.05, 3.63) is 36.2 Å². The minimum absolute atomic E-state index is 0. The van der Waals surface area contributed by atoms with E-state index in [0.29, 0.717) is 18.8 Å². The molecule has 7 heteroatoms. The molecule has 0 radical (unpaired) electrons. The van der Waals surface area contributed by atoms with E-state index in [-0.39, 0.29) is 12.4 Å². The van der Waals surface area contributed by atoms with E-state index in [4.69, 9.17) is 10.5 Å². The highest BCUT2D eigenvalue weighted by Crippen LogP contribution is 2.27. The fourth-order valence-electron chi connectivity index (χ4n) is 1.86. The fourth-order valence-corrected chi connectivity index (χ4v) is 1.86. The number of nitrogens with two attached hydrogens (primary N) is 1. The lowest BCUT2D eigenvalue weighted by Gasteiger charge is -2.10. The van der Waals surface area contributed by atoms with Crippen LogP contribution >= 0.6 is 12.4 Å². The Hall–Kier alpha value is -1.66. The first-order chi connectivity index (χ1) is 9.60. The molecule has 0 aliphatic carbocycles. The Balaban J connectivity index is 0.00000220. The second kappa shape index (κ2) is 7.95. The van der Waals surface area contributed by atoms with Crippen molar-refractivity contribution in [2.45, 2.75) is 19.9 Å². The zero-order valence-electron chi connectivity index (χ0n) is 11.6. The molecule has 0 aliphatic rings. The summed E-state index contributed by atoms with van der Waals surface area (Å²) in [6, 6.07) is 5.51. The third-order valence-electron chi connectivity index (χ3n) is 2.88. The Morgan fingerprint density at radius 3 is 2.76 bits per heavy atom. The van der Waals surface area contributed by atoms with Crippen molar-refractivity contribution in [3.8, 4) is 16.9 Å². The molecule has 0 atom stereocenters. The van der Waals surface area contributed by atoms with Gasteiger partial charge in [-0.2, -0.15) is 5.10 Å². The second-order valence-corrected chi connectivity index (χ2v) is 4.46. The molecular weight excluding hydrogens is 300 g/mol. The van der Waals surface area contributed by atoms with E-state index in [9.17, 15) is 8.78 Å². The quantitative estimate of drug-likeness (QED) is 0.891. The Labute approximate surface area is 128 Å². The number of hydrogen-bond acceptors (Lipinski definition) is 3. The van der Waals surface area contributed by atoms with Crippen LogP contribution < -0.4 is 10.5 Å². The van der Waals surface area contributed by atoms with Crippen LogP contribution in [-0.2, 0) is 6.54 Å². The number of aryl methyl sites for hydroxylation is 1. The minimum Gasteiger partial charge on any atom is -0.487 e. The van der Waals surface area contributed by atoms with E-state index >= 15 is 0 Å². The summed E-state index contributed by atoms with van der Waals surface area (Å²) in [5, 5.41) is 4.18. The Morgan fingerprint density at radius 1 is 1.33 bits per heavy atom. The van der Waals surface area contributed by atoms with Crippen LogP contribution in [-0.4, -0.2) is 29.4 Å². The molecule has 1 heterocycles. The van der Waals surface area contributed by atoms with Gasteiger partial charge in [-0.05, 0) is 24.1 Å². The van der Waals surface area contributed by atoms with Gasteiger partial charge in [0, 0.05) is 18.3 Å². The van der Waals surface area contributed by atoms with E-state index in [1.54, 1.807) is 16.9 Å². The SMILES string of the molecule is Cc1ccc(-c2cnn(CCN)c2)cc1OCC(F)F.Cl. The van der Waals surface area contributed by atoms with Gasteiger partial charge >= 0.3 is 0 Å². The van der Waals surface area contributed by atoms with Gasteiger partial charge in [-0.1, -0.05) is 12.1 Å². The number of nitrogens with zero attached hydrogens (tertiary/aromatic N) is 2. The standard InChI is InChI=1S/C14H17F2N3O.ClH/c1-10-2-3-11(6-13(10)20-9-14(15)16)12-7-18-19(8-12)5-4-17;/h2-3,6-8,14H,4-5,9,17H2,1H3;1H. The lowest BCUT2D eigenvalue weighted by atomic mass is 10.1. The highest BCUT2D eigenvalue weighted by Gasteiger charge is 2.08. The van der Waals surface area contributed by atoms with E-state index in [0.717, 1.165) is 16.7 Å². The highest BCUT2D eigenvalue weighted by atomic mass is 35.5. The zero-order valence-corrected chi connectivity index (χ0v) is 12.4. The molecule has 21 heavy (non-hydrogen) atoms. The predicted octanol–water partition coefficient (Wildman–Crippen LogP) is 2.88. The van der Waals surface area contributed by atoms with Gasteiger partial charge in [-0.15, -0.1) is 12.4 Å². The Kier molecular flexibility index (Phi) is 6.58. The maximum atomic E-state index is 12.2. The number of alkyl halides is 2. The van der Waals surface area contributed by atoms with Crippen molar-refractivity contribution in [2.24, 2.45) is 5.73 Å². The molecule has 0 saturated carbocycles. The van der Waals surface area contributed by atoms with E-state index in [1.165, 1.54) is 0 Å². The minimum atomic E-state index is -2.48. The summed E-state index contributed by atoms with van der Waals surface area (Å²) in [7, 11) is 0. The molecule has 2 aromatic rings. The summed E-state index contributed by atoms with van der Waals surface area (Å²) in [5.41, 5.74) is 8.07. The van der Waals surface area contributed by atoms with E-state index < -0.39 is 13.0 Å². The fraction of sp³-hybridized carbons (Fsp3) is 0.357. The lowest BCUT2D eigenvalue weighted by molar-refractivity contribution is 0.0816. The molecule has 1 aromatic carbocycles. The van der Waals surface area contributed by atoms with Crippen LogP contribution in [0.2, 0.25) is 0 Å². The molecule has 0 aliphatic heterocycles. The van der Waals surface area contributed by atoms with Crippen molar-refractivity contribution in [3.63, 3.8) is 0 Å². The smallest absolute Gasteiger partial charge is 0.272 e. The Bertz CT molecular complexity index is 575. The topological polar surface area (TPSA) is 53.1 Å². The molecule has 0 spiro atoms. The van der Waals surface area contributed by atoms with Crippen molar-refractivity contribution in [1.29, 1.82) is 0 Å². The average Bonchev–Trinajstić information content (AvgIpc) is 2.87. The molecule has 0 bridgehead atoms. The summed E-state index contributed by atoms with van der Waals surface area (Å²) in [4.78, 5) is 0. The van der Waals surface area contributed by atoms with E-state index in [1.807, 2.05) is 25.3 Å². The molecule has 0 unspecified atom stereocenters. The summed E-state index contributed by atoms with van der Waals surface area (Å²) >= 11 is 0. The van der Waals surface area contributed by atoms with E-state index in [2.05, 4.69) is 5.10 Å². The van der Waals surface area contributed by atoms with Crippen LogP contribution in [0, 0.1) is 6.92 Å². The molecule has 116 valence electrons. The van der Waals surface area contributed by atoms with Gasteiger partial charge < -0.3 is 10.5 Å². The zero-order chi connectivity index (χ0) is 14.5. The summed E-state index contributed by atoms with van der Waals surface area (Å²) in [5.74, 6) is 0.467. The van der Waals surface area contributed by atoms with Gasteiger partial charge in [0.2, 0.25) is 0 Å². The molecule has 2 N–H and O–H groups in total. The molecule has 4 nitrogen and oxygen atoms in total. The highest BCUT2D eigenvalue weighted by molar-refractivity contribution is 5.85. The first-order valence-electron chi connectivity index (χ1n) is 6.34. The van der Waals surface area contributed by atoms with Gasteiger partial charge in [0.15, 0.2) is 0 Å². The van der Waals surface area contributed by atoms with Crippen LogP contribution in [0.15, 0.2) is 30.6 Å². The number of aromatic nitrogens is 2. The number of benzene rings is 1. The van der Waals surface area contributed by atoms with Crippen LogP contribution in [0.25, 0.3) is 11.1 Å². The van der Waals surface area contributed by atoms with Gasteiger partial charge in [-0.3, -0.25) is 4.68 Å². The maximum absolute atomic E-state index is 12.2. The number of rotatable bonds is 6. The third kappa shape index (κ3) is 4.68. The van der Waals surface area contributed by atoms with Gasteiger partial charge in [0.1, 0.15) is 12.4 Å². The first kappa shape index (κ1) is 17.4. The number of ether oxygens (including phenoxy) is 1. The normalized spacial score (nSPS) is 10.5. The van der Waals surface area contributed by atoms with Gasteiger partial charge in [0.25, 0.3) is 6.43 Å². The second-order valence-electron chi connectivity index (χ2n) is 4.46. The first-order valence-corrected chi connectivity index (χ1v) is 6.34. The van der Waals surface area contributed by atoms with Crippen LogP contribution in [0.4, 0.5) is 8.78 Å². The maximum Gasteiger partial charge on any atom is 0.272 e. The van der Waals surface area contributed by atoms with Crippen LogP contribution in [0.5, 0.6) is 5.75 Å².